The Bertz CT molecular complexity index is 907. The number of hydrogen-bond donors (Lipinski definition) is 2. The number of benzene rings is 2. The number of anilines is 1. The van der Waals surface area contributed by atoms with E-state index in [9.17, 15) is 8.42 Å². The first-order chi connectivity index (χ1) is 11.5. The van der Waals surface area contributed by atoms with E-state index in [-0.39, 0.29) is 4.21 Å². The number of nitrogens with zero attached hydrogens (tertiary/aromatic N) is 1. The van der Waals surface area contributed by atoms with E-state index in [0.717, 1.165) is 21.8 Å². The predicted molar refractivity (Wildman–Crippen MR) is 97.8 cm³/mol. The molecule has 0 aliphatic rings. The minimum Gasteiger partial charge on any atom is -0.357 e. The molecule has 1 heterocycles. The summed E-state index contributed by atoms with van der Waals surface area (Å²) >= 11 is 2.73. The summed E-state index contributed by atoms with van der Waals surface area (Å²) in [7, 11) is -3.69. The lowest BCUT2D eigenvalue weighted by molar-refractivity contribution is 0.599. The topological polar surface area (TPSA) is 85.1 Å². The highest BCUT2D eigenvalue weighted by molar-refractivity contribution is 7.99. The van der Waals surface area contributed by atoms with Crippen LogP contribution in [-0.4, -0.2) is 13.4 Å². The summed E-state index contributed by atoms with van der Waals surface area (Å²) in [5.74, 6) is 0. The van der Waals surface area contributed by atoms with E-state index >= 15 is 0 Å². The molecule has 0 radical (unpaired) electrons. The molecule has 0 unspecified atom stereocenters. The van der Waals surface area contributed by atoms with Gasteiger partial charge in [-0.1, -0.05) is 53.4 Å². The predicted octanol–water partition coefficient (Wildman–Crippen LogP) is 3.55. The van der Waals surface area contributed by atoms with Crippen LogP contribution in [0.5, 0.6) is 0 Å². The third-order valence-corrected chi connectivity index (χ3v) is 6.49. The lowest BCUT2D eigenvalue weighted by Crippen LogP contribution is -2.09. The van der Waals surface area contributed by atoms with Gasteiger partial charge in [-0.25, -0.2) is 18.5 Å². The standard InChI is InChI=1S/C16H15N3O2S3/c17-24(20,21)15-11-19-16(23-15)18-10-12-6-8-14(9-7-12)22-13-4-2-1-3-5-13/h1-9,11H,10H2,(H,18,19)(H2,17,20,21). The van der Waals surface area contributed by atoms with E-state index in [1.54, 1.807) is 11.8 Å². The summed E-state index contributed by atoms with van der Waals surface area (Å²) in [6.07, 6.45) is 1.27. The zero-order chi connectivity index (χ0) is 17.0. The van der Waals surface area contributed by atoms with E-state index in [4.69, 9.17) is 5.14 Å². The number of primary sulfonamides is 1. The first kappa shape index (κ1) is 17.0. The van der Waals surface area contributed by atoms with Gasteiger partial charge in [0, 0.05) is 16.3 Å². The van der Waals surface area contributed by atoms with Crippen LogP contribution in [0.3, 0.4) is 0 Å². The fourth-order valence-electron chi connectivity index (χ4n) is 1.95. The van der Waals surface area contributed by atoms with Crippen LogP contribution in [0.4, 0.5) is 5.13 Å². The van der Waals surface area contributed by atoms with Gasteiger partial charge in [0.2, 0.25) is 10.0 Å². The number of nitrogens with two attached hydrogens (primary N) is 1. The molecular weight excluding hydrogens is 362 g/mol. The van der Waals surface area contributed by atoms with Crippen molar-refractivity contribution in [2.45, 2.75) is 20.5 Å². The van der Waals surface area contributed by atoms with Crippen LogP contribution < -0.4 is 10.5 Å². The van der Waals surface area contributed by atoms with Crippen molar-refractivity contribution in [1.29, 1.82) is 0 Å². The fourth-order valence-corrected chi connectivity index (χ4v) is 4.23. The van der Waals surface area contributed by atoms with Crippen molar-refractivity contribution in [3.63, 3.8) is 0 Å². The molecule has 1 aromatic heterocycles. The Balaban J connectivity index is 1.59. The van der Waals surface area contributed by atoms with E-state index in [1.165, 1.54) is 11.1 Å². The smallest absolute Gasteiger partial charge is 0.249 e. The highest BCUT2D eigenvalue weighted by Crippen LogP contribution is 2.27. The van der Waals surface area contributed by atoms with Crippen LogP contribution in [0, 0.1) is 0 Å². The van der Waals surface area contributed by atoms with Crippen LogP contribution in [0.1, 0.15) is 5.56 Å². The van der Waals surface area contributed by atoms with Crippen molar-refractivity contribution < 1.29 is 8.42 Å². The minimum atomic E-state index is -3.69. The first-order valence-corrected chi connectivity index (χ1v) is 10.2. The van der Waals surface area contributed by atoms with E-state index in [2.05, 4.69) is 34.6 Å². The van der Waals surface area contributed by atoms with Crippen molar-refractivity contribution in [2.75, 3.05) is 5.32 Å². The Morgan fingerprint density at radius 1 is 1.04 bits per heavy atom. The molecule has 2 aromatic carbocycles. The van der Waals surface area contributed by atoms with Gasteiger partial charge in [-0.05, 0) is 29.8 Å². The van der Waals surface area contributed by atoms with Gasteiger partial charge in [0.25, 0.3) is 0 Å². The SMILES string of the molecule is NS(=O)(=O)c1cnc(NCc2ccc(Sc3ccccc3)cc2)s1. The minimum absolute atomic E-state index is 0.0552. The zero-order valence-corrected chi connectivity index (χ0v) is 15.0. The number of sulfonamides is 1. The fraction of sp³-hybridized carbons (Fsp3) is 0.0625. The molecule has 0 atom stereocenters. The third kappa shape index (κ3) is 4.57. The van der Waals surface area contributed by atoms with Gasteiger partial charge in [0.05, 0.1) is 6.20 Å². The summed E-state index contributed by atoms with van der Waals surface area (Å²) in [5, 5.41) is 8.70. The molecule has 3 rings (SSSR count). The second-order valence-corrected chi connectivity index (χ2v) is 8.91. The molecule has 8 heteroatoms. The molecule has 0 saturated heterocycles. The quantitative estimate of drug-likeness (QED) is 0.686. The average Bonchev–Trinajstić information content (AvgIpc) is 3.05. The Hall–Kier alpha value is -1.87. The summed E-state index contributed by atoms with van der Waals surface area (Å²) in [5.41, 5.74) is 1.08. The summed E-state index contributed by atoms with van der Waals surface area (Å²) in [4.78, 5) is 6.37. The second-order valence-electron chi connectivity index (χ2n) is 4.94. The molecule has 0 spiro atoms. The molecule has 3 N–H and O–H groups in total. The van der Waals surface area contributed by atoms with Gasteiger partial charge in [-0.15, -0.1) is 0 Å². The number of nitrogens with one attached hydrogen (secondary N) is 1. The Kier molecular flexibility index (Phi) is 5.20. The number of rotatable bonds is 6. The maximum Gasteiger partial charge on any atom is 0.249 e. The monoisotopic (exact) mass is 377 g/mol. The van der Waals surface area contributed by atoms with Crippen molar-refractivity contribution in [1.82, 2.24) is 4.98 Å². The molecule has 0 saturated carbocycles. The lowest BCUT2D eigenvalue weighted by atomic mass is 10.2. The van der Waals surface area contributed by atoms with Crippen LogP contribution in [0.15, 0.2) is 74.8 Å². The largest absolute Gasteiger partial charge is 0.357 e. The van der Waals surface area contributed by atoms with Crippen LogP contribution in [0.25, 0.3) is 0 Å². The molecule has 0 aliphatic carbocycles. The lowest BCUT2D eigenvalue weighted by Gasteiger charge is -2.05. The molecule has 0 amide bonds. The van der Waals surface area contributed by atoms with Gasteiger partial charge < -0.3 is 5.32 Å². The van der Waals surface area contributed by atoms with Crippen LogP contribution in [-0.2, 0) is 16.6 Å². The molecule has 24 heavy (non-hydrogen) atoms. The highest BCUT2D eigenvalue weighted by Gasteiger charge is 2.12. The van der Waals surface area contributed by atoms with Crippen molar-refractivity contribution in [3.05, 3.63) is 66.4 Å². The van der Waals surface area contributed by atoms with Gasteiger partial charge >= 0.3 is 0 Å². The van der Waals surface area contributed by atoms with E-state index < -0.39 is 10.0 Å². The van der Waals surface area contributed by atoms with Gasteiger partial charge in [-0.3, -0.25) is 0 Å². The van der Waals surface area contributed by atoms with Gasteiger partial charge in [0.15, 0.2) is 9.34 Å². The molecule has 0 bridgehead atoms. The molecule has 5 nitrogen and oxygen atoms in total. The van der Waals surface area contributed by atoms with Crippen LogP contribution >= 0.6 is 23.1 Å². The van der Waals surface area contributed by atoms with Crippen molar-refractivity contribution in [3.8, 4) is 0 Å². The van der Waals surface area contributed by atoms with Crippen LogP contribution in [0.2, 0.25) is 0 Å². The summed E-state index contributed by atoms with van der Waals surface area (Å²) < 4.78 is 22.5. The molecule has 3 aromatic rings. The zero-order valence-electron chi connectivity index (χ0n) is 12.5. The normalized spacial score (nSPS) is 11.4. The molecule has 124 valence electrons. The number of aromatic nitrogens is 1. The second kappa shape index (κ2) is 7.35. The molecule has 0 fully saturated rings. The number of hydrogen-bond acceptors (Lipinski definition) is 6. The highest BCUT2D eigenvalue weighted by atomic mass is 32.2. The summed E-state index contributed by atoms with van der Waals surface area (Å²) in [6, 6.07) is 18.4. The van der Waals surface area contributed by atoms with E-state index in [1.807, 2.05) is 30.3 Å². The van der Waals surface area contributed by atoms with Crippen molar-refractivity contribution in [2.24, 2.45) is 5.14 Å². The Morgan fingerprint density at radius 2 is 1.71 bits per heavy atom. The third-order valence-electron chi connectivity index (χ3n) is 3.11. The Labute approximate surface area is 149 Å². The first-order valence-electron chi connectivity index (χ1n) is 7.05. The Morgan fingerprint density at radius 3 is 2.33 bits per heavy atom. The van der Waals surface area contributed by atoms with Gasteiger partial charge in [0.1, 0.15) is 0 Å². The van der Waals surface area contributed by atoms with Gasteiger partial charge in [-0.2, -0.15) is 0 Å². The number of thiazole rings is 1. The summed E-state index contributed by atoms with van der Waals surface area (Å²) in [6.45, 7) is 0.563. The van der Waals surface area contributed by atoms with Crippen molar-refractivity contribution >= 4 is 38.3 Å². The maximum absolute atomic E-state index is 11.2. The molecule has 0 aliphatic heterocycles. The maximum atomic E-state index is 11.2. The average molecular weight is 378 g/mol. The molecular formula is C16H15N3O2S3. The van der Waals surface area contributed by atoms with E-state index in [0.29, 0.717) is 11.7 Å².